The van der Waals surface area contributed by atoms with Gasteiger partial charge in [0.1, 0.15) is 0 Å². The number of esters is 1. The lowest BCUT2D eigenvalue weighted by Gasteiger charge is -2.30. The predicted molar refractivity (Wildman–Crippen MR) is 165 cm³/mol. The van der Waals surface area contributed by atoms with E-state index in [2.05, 4.69) is 0 Å². The zero-order chi connectivity index (χ0) is 33.0. The second-order valence-corrected chi connectivity index (χ2v) is 11.6. The lowest BCUT2D eigenvalue weighted by atomic mass is 9.82. The van der Waals surface area contributed by atoms with Gasteiger partial charge in [0.25, 0.3) is 11.8 Å². The van der Waals surface area contributed by atoms with Gasteiger partial charge in [-0.3, -0.25) is 24.1 Å². The monoisotopic (exact) mass is 634 g/mol. The van der Waals surface area contributed by atoms with Gasteiger partial charge in [0.2, 0.25) is 12.2 Å². The highest BCUT2D eigenvalue weighted by atomic mass is 16.7. The van der Waals surface area contributed by atoms with Crippen LogP contribution in [0, 0.1) is 11.8 Å². The lowest BCUT2D eigenvalue weighted by molar-refractivity contribution is -0.159. The highest BCUT2D eigenvalue weighted by molar-refractivity contribution is 6.12. The van der Waals surface area contributed by atoms with Crippen molar-refractivity contribution in [2.45, 2.75) is 44.6 Å². The Morgan fingerprint density at radius 3 is 2.11 bits per heavy atom. The van der Waals surface area contributed by atoms with Crippen molar-refractivity contribution >= 4 is 23.9 Å². The Labute approximate surface area is 266 Å². The third-order valence-corrected chi connectivity index (χ3v) is 9.07. The molecule has 1 aliphatic heterocycles. The summed E-state index contributed by atoms with van der Waals surface area (Å²) in [6.45, 7) is -0.215. The molecule has 1 saturated carbocycles. The maximum absolute atomic E-state index is 13.2. The molecule has 5 rings (SSSR count). The van der Waals surface area contributed by atoms with Crippen LogP contribution in [0.25, 0.3) is 11.1 Å². The normalized spacial score (nSPS) is 20.3. The predicted octanol–water partition coefficient (Wildman–Crippen LogP) is 4.03. The van der Waals surface area contributed by atoms with Gasteiger partial charge in [-0.15, -0.1) is 0 Å². The number of rotatable bonds is 9. The minimum Gasteiger partial charge on any atom is -0.493 e. The molecule has 12 heteroatoms. The van der Waals surface area contributed by atoms with Crippen molar-refractivity contribution in [2.75, 3.05) is 41.7 Å². The quantitative estimate of drug-likeness (QED) is 0.226. The van der Waals surface area contributed by atoms with Gasteiger partial charge < -0.3 is 28.6 Å². The standard InChI is InChI=1S/C34H38N2O10/c1-35(34(41)46-19-45-33(40)21-7-5-20(6-8-21)18-36-31(38)13-14-32(36)39)26-11-9-22-15-29(43-3)30(44-4)17-24(22)23-10-12-28(42-2)27(37)16-25(23)26/h10,12-17,20-21,26H,5-9,11,18-19H2,1-4H3. The van der Waals surface area contributed by atoms with Crippen LogP contribution < -0.4 is 19.6 Å². The number of nitrogens with zero attached hydrogens (tertiary/aromatic N) is 2. The number of amides is 3. The van der Waals surface area contributed by atoms with E-state index in [1.54, 1.807) is 33.4 Å². The number of fused-ring (bicyclic) bond motifs is 3. The highest BCUT2D eigenvalue weighted by Gasteiger charge is 2.33. The van der Waals surface area contributed by atoms with Crippen molar-refractivity contribution in [3.05, 3.63) is 63.8 Å². The van der Waals surface area contributed by atoms with Crippen LogP contribution in [0.1, 0.15) is 49.3 Å². The number of carbonyl (C=O) groups is 4. The Morgan fingerprint density at radius 2 is 1.46 bits per heavy atom. The molecule has 1 fully saturated rings. The molecule has 1 atom stereocenters. The van der Waals surface area contributed by atoms with Gasteiger partial charge in [0.05, 0.1) is 33.3 Å². The molecule has 1 unspecified atom stereocenters. The Balaban J connectivity index is 1.23. The Morgan fingerprint density at radius 1 is 0.804 bits per heavy atom. The fourth-order valence-corrected chi connectivity index (χ4v) is 6.48. The van der Waals surface area contributed by atoms with E-state index >= 15 is 0 Å². The molecule has 2 aliphatic carbocycles. The SMILES string of the molecule is COc1cc2c(cc1OC)-c1ccc(OC)c(=O)cc1C(N(C)C(=O)OCOC(=O)C1CCC(CN3C(=O)C=CC3=O)CC1)CC2. The molecule has 3 amide bonds. The maximum atomic E-state index is 13.2. The fraction of sp³-hybridized carbons (Fsp3) is 0.441. The molecule has 3 aliphatic rings. The summed E-state index contributed by atoms with van der Waals surface area (Å²) >= 11 is 0. The van der Waals surface area contributed by atoms with Crippen molar-refractivity contribution in [2.24, 2.45) is 11.8 Å². The molecule has 0 bridgehead atoms. The van der Waals surface area contributed by atoms with E-state index in [4.69, 9.17) is 23.7 Å². The highest BCUT2D eigenvalue weighted by Crippen LogP contribution is 2.43. The summed E-state index contributed by atoms with van der Waals surface area (Å²) in [6, 6.07) is 8.10. The topological polar surface area (TPSA) is 138 Å². The molecule has 0 N–H and O–H groups in total. The van der Waals surface area contributed by atoms with Crippen LogP contribution >= 0.6 is 0 Å². The van der Waals surface area contributed by atoms with Crippen molar-refractivity contribution in [3.63, 3.8) is 0 Å². The van der Waals surface area contributed by atoms with Gasteiger partial charge in [-0.2, -0.15) is 0 Å². The maximum Gasteiger partial charge on any atom is 0.412 e. The molecule has 2 aromatic carbocycles. The van der Waals surface area contributed by atoms with E-state index in [0.717, 1.165) is 16.7 Å². The minimum absolute atomic E-state index is 0.121. The smallest absolute Gasteiger partial charge is 0.412 e. The summed E-state index contributed by atoms with van der Waals surface area (Å²) < 4.78 is 27.0. The third kappa shape index (κ3) is 6.70. The fourth-order valence-electron chi connectivity index (χ4n) is 6.48. The van der Waals surface area contributed by atoms with Crippen LogP contribution in [-0.4, -0.2) is 75.4 Å². The lowest BCUT2D eigenvalue weighted by Crippen LogP contribution is -2.37. The first-order valence-corrected chi connectivity index (χ1v) is 15.2. The van der Waals surface area contributed by atoms with E-state index in [0.29, 0.717) is 62.1 Å². The van der Waals surface area contributed by atoms with Crippen molar-refractivity contribution in [3.8, 4) is 28.4 Å². The van der Waals surface area contributed by atoms with Gasteiger partial charge in [-0.25, -0.2) is 4.79 Å². The Kier molecular flexibility index (Phi) is 9.93. The average Bonchev–Trinajstić information content (AvgIpc) is 3.20. The van der Waals surface area contributed by atoms with Crippen LogP contribution in [-0.2, 0) is 30.3 Å². The second kappa shape index (κ2) is 14.1. The van der Waals surface area contributed by atoms with Crippen molar-refractivity contribution < 1.29 is 42.9 Å². The summed E-state index contributed by atoms with van der Waals surface area (Å²) in [5.74, 6) is -0.0508. The number of methoxy groups -OCH3 is 3. The molecule has 12 nitrogen and oxygen atoms in total. The molecule has 0 aromatic heterocycles. The zero-order valence-electron chi connectivity index (χ0n) is 26.4. The summed E-state index contributed by atoms with van der Waals surface area (Å²) in [7, 11) is 6.12. The molecular weight excluding hydrogens is 596 g/mol. The van der Waals surface area contributed by atoms with E-state index in [1.165, 1.54) is 35.1 Å². The van der Waals surface area contributed by atoms with E-state index in [9.17, 15) is 24.0 Å². The summed E-state index contributed by atoms with van der Waals surface area (Å²) in [5, 5.41) is 0. The van der Waals surface area contributed by atoms with E-state index in [1.807, 2.05) is 12.1 Å². The van der Waals surface area contributed by atoms with Crippen molar-refractivity contribution in [1.82, 2.24) is 9.80 Å². The van der Waals surface area contributed by atoms with Crippen LogP contribution in [0.3, 0.4) is 0 Å². The number of imide groups is 1. The number of carbonyl (C=O) groups excluding carboxylic acids is 4. The molecule has 0 saturated heterocycles. The molecule has 0 spiro atoms. The Hall–Kier alpha value is -4.87. The molecule has 2 aromatic rings. The first-order chi connectivity index (χ1) is 22.1. The van der Waals surface area contributed by atoms with Crippen LogP contribution in [0.4, 0.5) is 4.79 Å². The van der Waals surface area contributed by atoms with Gasteiger partial charge in [-0.1, -0.05) is 6.07 Å². The Bertz CT molecular complexity index is 1590. The van der Waals surface area contributed by atoms with Crippen LogP contribution in [0.15, 0.2) is 47.3 Å². The average molecular weight is 635 g/mol. The third-order valence-electron chi connectivity index (χ3n) is 9.07. The largest absolute Gasteiger partial charge is 0.493 e. The second-order valence-electron chi connectivity index (χ2n) is 11.6. The van der Waals surface area contributed by atoms with Gasteiger partial charge in [-0.05, 0) is 91.0 Å². The van der Waals surface area contributed by atoms with E-state index in [-0.39, 0.29) is 34.8 Å². The molecule has 244 valence electrons. The van der Waals surface area contributed by atoms with Crippen molar-refractivity contribution in [1.29, 1.82) is 0 Å². The molecule has 46 heavy (non-hydrogen) atoms. The van der Waals surface area contributed by atoms with Gasteiger partial charge in [0, 0.05) is 25.7 Å². The molecule has 0 radical (unpaired) electrons. The summed E-state index contributed by atoms with van der Waals surface area (Å²) in [6.07, 6.45) is 5.30. The number of aryl methyl sites for hydroxylation is 1. The molecular formula is C34H38N2O10. The van der Waals surface area contributed by atoms with Gasteiger partial charge >= 0.3 is 12.1 Å². The zero-order valence-corrected chi connectivity index (χ0v) is 26.4. The summed E-state index contributed by atoms with van der Waals surface area (Å²) in [5.41, 5.74) is 2.81. The minimum atomic E-state index is -0.715. The van der Waals surface area contributed by atoms with Gasteiger partial charge in [0.15, 0.2) is 17.2 Å². The van der Waals surface area contributed by atoms with Crippen LogP contribution in [0.2, 0.25) is 0 Å². The number of hydrogen-bond acceptors (Lipinski definition) is 10. The van der Waals surface area contributed by atoms with Crippen LogP contribution in [0.5, 0.6) is 17.2 Å². The number of hydrogen-bond donors (Lipinski definition) is 0. The first kappa shape index (κ1) is 32.5. The summed E-state index contributed by atoms with van der Waals surface area (Å²) in [4.78, 5) is 65.4. The first-order valence-electron chi connectivity index (χ1n) is 15.2. The molecule has 1 heterocycles. The number of ether oxygens (including phenoxy) is 5. The number of benzene rings is 1. The van der Waals surface area contributed by atoms with E-state index < -0.39 is 24.9 Å².